The lowest BCUT2D eigenvalue weighted by Gasteiger charge is -2.28. The summed E-state index contributed by atoms with van der Waals surface area (Å²) >= 11 is 0. The lowest BCUT2D eigenvalue weighted by molar-refractivity contribution is -0.169. The first-order valence-corrected chi connectivity index (χ1v) is 10.6. The summed E-state index contributed by atoms with van der Waals surface area (Å²) in [6.45, 7) is 5.85. The van der Waals surface area contributed by atoms with Gasteiger partial charge in [0.15, 0.2) is 0 Å². The summed E-state index contributed by atoms with van der Waals surface area (Å²) in [4.78, 5) is 26.0. The molecule has 1 atom stereocenters. The molecule has 0 saturated heterocycles. The summed E-state index contributed by atoms with van der Waals surface area (Å²) in [7, 11) is 1.22. The number of phenolic OH excluding ortho intramolecular Hbond substituents is 2. The van der Waals surface area contributed by atoms with Crippen molar-refractivity contribution in [1.82, 2.24) is 0 Å². The molecule has 1 heterocycles. The predicted octanol–water partition coefficient (Wildman–Crippen LogP) is 4.07. The Hall–Kier alpha value is -3.74. The smallest absolute Gasteiger partial charge is 0.375 e. The second-order valence-corrected chi connectivity index (χ2v) is 8.02. The van der Waals surface area contributed by atoms with E-state index < -0.39 is 17.5 Å². The van der Waals surface area contributed by atoms with Crippen LogP contribution in [0.2, 0.25) is 0 Å². The molecule has 2 N–H and O–H groups in total. The van der Waals surface area contributed by atoms with Crippen LogP contribution >= 0.6 is 0 Å². The van der Waals surface area contributed by atoms with Crippen molar-refractivity contribution >= 4 is 17.5 Å². The monoisotopic (exact) mass is 452 g/mol. The van der Waals surface area contributed by atoms with Crippen molar-refractivity contribution in [2.45, 2.75) is 39.2 Å². The number of esters is 2. The Morgan fingerprint density at radius 1 is 1.12 bits per heavy atom. The Morgan fingerprint density at radius 3 is 2.42 bits per heavy atom. The molecule has 2 aromatic rings. The highest BCUT2D eigenvalue weighted by Gasteiger charge is 2.56. The zero-order valence-electron chi connectivity index (χ0n) is 19.2. The highest BCUT2D eigenvalue weighted by Crippen LogP contribution is 2.44. The first-order valence-electron chi connectivity index (χ1n) is 10.6. The second-order valence-electron chi connectivity index (χ2n) is 8.02. The number of carbonyl (C=O) groups is 2. The SMILES string of the molecule is CCOC1=C(c2ccc(O)cc2)[C@](Cc2ccc(O)c(CC=C(C)C)c2)(C(=O)OC)OC1=O. The van der Waals surface area contributed by atoms with E-state index in [-0.39, 0.29) is 35.9 Å². The summed E-state index contributed by atoms with van der Waals surface area (Å²) in [5.41, 5.74) is 1.37. The van der Waals surface area contributed by atoms with Crippen molar-refractivity contribution in [2.24, 2.45) is 0 Å². The Balaban J connectivity index is 2.16. The number of aromatic hydroxyl groups is 2. The van der Waals surface area contributed by atoms with Gasteiger partial charge >= 0.3 is 11.9 Å². The molecule has 0 unspecified atom stereocenters. The summed E-state index contributed by atoms with van der Waals surface area (Å²) in [6.07, 6.45) is 2.47. The van der Waals surface area contributed by atoms with Gasteiger partial charge in [0.2, 0.25) is 11.4 Å². The van der Waals surface area contributed by atoms with Gasteiger partial charge < -0.3 is 24.4 Å². The Bertz CT molecular complexity index is 1110. The molecule has 0 saturated carbocycles. The van der Waals surface area contributed by atoms with Crippen molar-refractivity contribution in [3.8, 4) is 11.5 Å². The van der Waals surface area contributed by atoms with Gasteiger partial charge in [-0.15, -0.1) is 0 Å². The molecule has 7 nitrogen and oxygen atoms in total. The average Bonchev–Trinajstić information content (AvgIpc) is 3.06. The molecule has 2 aromatic carbocycles. The topological polar surface area (TPSA) is 102 Å². The van der Waals surface area contributed by atoms with Crippen LogP contribution in [0.25, 0.3) is 5.57 Å². The van der Waals surface area contributed by atoms with E-state index in [1.54, 1.807) is 37.3 Å². The third kappa shape index (κ3) is 4.87. The van der Waals surface area contributed by atoms with Crippen molar-refractivity contribution in [2.75, 3.05) is 13.7 Å². The van der Waals surface area contributed by atoms with E-state index in [9.17, 15) is 19.8 Å². The molecule has 3 rings (SSSR count). The van der Waals surface area contributed by atoms with Gasteiger partial charge in [-0.1, -0.05) is 35.9 Å². The van der Waals surface area contributed by atoms with E-state index in [1.165, 1.54) is 19.2 Å². The van der Waals surface area contributed by atoms with Gasteiger partial charge in [-0.2, -0.15) is 0 Å². The molecular formula is C26H28O7. The molecule has 1 aliphatic heterocycles. The van der Waals surface area contributed by atoms with Gasteiger partial charge in [-0.05, 0) is 62.1 Å². The van der Waals surface area contributed by atoms with Crippen LogP contribution in [0.4, 0.5) is 0 Å². The standard InChI is InChI=1S/C26H28O7/c1-5-32-23-22(18-9-11-20(27)12-10-18)26(25(30)31-4,33-24(23)29)15-17-7-13-21(28)19(14-17)8-6-16(2)3/h6-7,9-14,27-28H,5,8,15H2,1-4H3/t26-/m1/s1. The minimum absolute atomic E-state index is 0.0275. The molecule has 0 aromatic heterocycles. The van der Waals surface area contributed by atoms with Gasteiger partial charge in [0.05, 0.1) is 19.3 Å². The second kappa shape index (κ2) is 9.81. The van der Waals surface area contributed by atoms with E-state index in [4.69, 9.17) is 14.2 Å². The van der Waals surface area contributed by atoms with Crippen LogP contribution in [-0.2, 0) is 36.6 Å². The zero-order valence-corrected chi connectivity index (χ0v) is 19.2. The molecule has 0 bridgehead atoms. The number of methoxy groups -OCH3 is 1. The van der Waals surface area contributed by atoms with Crippen LogP contribution in [0, 0.1) is 0 Å². The third-order valence-corrected chi connectivity index (χ3v) is 5.37. The van der Waals surface area contributed by atoms with Crippen LogP contribution in [0.3, 0.4) is 0 Å². The van der Waals surface area contributed by atoms with Crippen molar-refractivity contribution < 1.29 is 34.0 Å². The minimum atomic E-state index is -1.79. The minimum Gasteiger partial charge on any atom is -0.508 e. The first-order chi connectivity index (χ1) is 15.7. The molecular weight excluding hydrogens is 424 g/mol. The van der Waals surface area contributed by atoms with E-state index in [0.29, 0.717) is 23.1 Å². The summed E-state index contributed by atoms with van der Waals surface area (Å²) in [6, 6.07) is 11.1. The number of carbonyl (C=O) groups excluding carboxylic acids is 2. The normalized spacial score (nSPS) is 17.5. The molecule has 7 heteroatoms. The maximum absolute atomic E-state index is 13.2. The molecule has 33 heavy (non-hydrogen) atoms. The lowest BCUT2D eigenvalue weighted by atomic mass is 9.83. The van der Waals surface area contributed by atoms with Gasteiger partial charge in [-0.3, -0.25) is 0 Å². The lowest BCUT2D eigenvalue weighted by Crippen LogP contribution is -2.44. The molecule has 0 aliphatic carbocycles. The summed E-state index contributed by atoms with van der Waals surface area (Å²) in [5.74, 6) is -1.43. The van der Waals surface area contributed by atoms with Crippen LogP contribution < -0.4 is 0 Å². The number of phenols is 2. The number of benzene rings is 2. The van der Waals surface area contributed by atoms with Crippen LogP contribution in [0.15, 0.2) is 59.9 Å². The van der Waals surface area contributed by atoms with Gasteiger partial charge in [-0.25, -0.2) is 9.59 Å². The van der Waals surface area contributed by atoms with E-state index >= 15 is 0 Å². The highest BCUT2D eigenvalue weighted by molar-refractivity contribution is 6.11. The van der Waals surface area contributed by atoms with Crippen LogP contribution in [-0.4, -0.2) is 41.5 Å². The van der Waals surface area contributed by atoms with E-state index in [2.05, 4.69) is 0 Å². The number of ether oxygens (including phenoxy) is 3. The van der Waals surface area contributed by atoms with Crippen molar-refractivity contribution in [3.63, 3.8) is 0 Å². The largest absolute Gasteiger partial charge is 0.508 e. The molecule has 174 valence electrons. The molecule has 0 radical (unpaired) electrons. The summed E-state index contributed by atoms with van der Waals surface area (Å²) < 4.78 is 16.4. The molecule has 1 aliphatic rings. The fourth-order valence-electron chi connectivity index (χ4n) is 3.83. The van der Waals surface area contributed by atoms with Gasteiger partial charge in [0.1, 0.15) is 11.5 Å². The van der Waals surface area contributed by atoms with Gasteiger partial charge in [0.25, 0.3) is 0 Å². The zero-order chi connectivity index (χ0) is 24.2. The number of rotatable bonds is 8. The van der Waals surface area contributed by atoms with E-state index in [0.717, 1.165) is 5.57 Å². The number of hydrogen-bond donors (Lipinski definition) is 2. The quantitative estimate of drug-likeness (QED) is 0.460. The Morgan fingerprint density at radius 2 is 1.82 bits per heavy atom. The van der Waals surface area contributed by atoms with Gasteiger partial charge in [0, 0.05) is 6.42 Å². The number of cyclic esters (lactones) is 1. The van der Waals surface area contributed by atoms with Crippen LogP contribution in [0.5, 0.6) is 11.5 Å². The maximum Gasteiger partial charge on any atom is 0.375 e. The van der Waals surface area contributed by atoms with E-state index in [1.807, 2.05) is 19.9 Å². The maximum atomic E-state index is 13.2. The summed E-state index contributed by atoms with van der Waals surface area (Å²) in [5, 5.41) is 20.0. The molecule has 0 fully saturated rings. The number of hydrogen-bond acceptors (Lipinski definition) is 7. The van der Waals surface area contributed by atoms with Crippen molar-refractivity contribution in [1.29, 1.82) is 0 Å². The molecule has 0 spiro atoms. The fourth-order valence-corrected chi connectivity index (χ4v) is 3.83. The predicted molar refractivity (Wildman–Crippen MR) is 122 cm³/mol. The average molecular weight is 453 g/mol. The fraction of sp³-hybridized carbons (Fsp3) is 0.308. The highest BCUT2D eigenvalue weighted by atomic mass is 16.6. The Kier molecular flexibility index (Phi) is 7.11. The third-order valence-electron chi connectivity index (χ3n) is 5.37. The molecule has 0 amide bonds. The van der Waals surface area contributed by atoms with Crippen LogP contribution in [0.1, 0.15) is 37.5 Å². The number of allylic oxidation sites excluding steroid dienone is 2. The van der Waals surface area contributed by atoms with Crippen molar-refractivity contribution in [3.05, 3.63) is 76.6 Å². The first kappa shape index (κ1) is 23.9. The Labute approximate surface area is 192 Å².